The molecule has 210 valence electrons. The van der Waals surface area contributed by atoms with Crippen molar-refractivity contribution in [2.24, 2.45) is 5.92 Å². The van der Waals surface area contributed by atoms with E-state index in [9.17, 15) is 18.4 Å². The predicted molar refractivity (Wildman–Crippen MR) is 149 cm³/mol. The van der Waals surface area contributed by atoms with Crippen LogP contribution in [0.2, 0.25) is 0 Å². The molecule has 3 aromatic rings. The van der Waals surface area contributed by atoms with Gasteiger partial charge in [0, 0.05) is 44.8 Å². The van der Waals surface area contributed by atoms with Crippen molar-refractivity contribution in [1.29, 1.82) is 0 Å². The topological polar surface area (TPSA) is 66.0 Å². The fourth-order valence-electron chi connectivity index (χ4n) is 5.65. The maximum atomic E-state index is 13.8. The highest BCUT2D eigenvalue weighted by Gasteiger charge is 2.44. The minimum absolute atomic E-state index is 0.0572. The number of rotatable bonds is 6. The number of aromatic nitrogens is 1. The van der Waals surface area contributed by atoms with E-state index < -0.39 is 23.3 Å². The molecule has 0 bridgehead atoms. The molecule has 2 aromatic carbocycles. The zero-order valence-corrected chi connectivity index (χ0v) is 22.9. The number of benzene rings is 2. The van der Waals surface area contributed by atoms with Gasteiger partial charge >= 0.3 is 6.09 Å². The summed E-state index contributed by atoms with van der Waals surface area (Å²) in [5, 5.41) is -0.405. The van der Waals surface area contributed by atoms with E-state index in [1.54, 1.807) is 28.1 Å². The van der Waals surface area contributed by atoms with Crippen LogP contribution in [0.4, 0.5) is 19.4 Å². The number of likely N-dealkylation sites (tertiary alicyclic amines) is 1. The smallest absolute Gasteiger partial charge is 0.410 e. The van der Waals surface area contributed by atoms with Crippen LogP contribution >= 0.6 is 11.6 Å². The highest BCUT2D eigenvalue weighted by molar-refractivity contribution is 6.22. The highest BCUT2D eigenvalue weighted by Crippen LogP contribution is 2.35. The monoisotopic (exact) mass is 568 g/mol. The zero-order valence-electron chi connectivity index (χ0n) is 22.1. The Bertz CT molecular complexity index is 1310. The number of piperidine rings is 1. The SMILES string of the molecule is CCN(C(=O)Oc1ccc(F)cc1)[C@@H]1CN(C(=O)C2CCN(c3ccccn3)CC2Cl)C[C@H]1c1ccc(F)cc1. The minimum Gasteiger partial charge on any atom is -0.410 e. The van der Waals surface area contributed by atoms with Crippen LogP contribution in [-0.4, -0.2) is 70.9 Å². The molecule has 0 N–H and O–H groups in total. The van der Waals surface area contributed by atoms with Gasteiger partial charge in [0.15, 0.2) is 0 Å². The van der Waals surface area contributed by atoms with Crippen molar-refractivity contribution in [3.8, 4) is 5.75 Å². The molecule has 0 radical (unpaired) electrons. The first-order chi connectivity index (χ1) is 19.3. The third kappa shape index (κ3) is 6.04. The van der Waals surface area contributed by atoms with Crippen molar-refractivity contribution in [1.82, 2.24) is 14.8 Å². The molecule has 7 nitrogen and oxygen atoms in total. The Hall–Kier alpha value is -3.72. The van der Waals surface area contributed by atoms with Crippen molar-refractivity contribution in [2.45, 2.75) is 30.7 Å². The molecule has 2 amide bonds. The minimum atomic E-state index is -0.598. The first-order valence-corrected chi connectivity index (χ1v) is 13.9. The van der Waals surface area contributed by atoms with Crippen LogP contribution in [0.25, 0.3) is 0 Å². The number of carbonyl (C=O) groups is 2. The highest BCUT2D eigenvalue weighted by atomic mass is 35.5. The van der Waals surface area contributed by atoms with Gasteiger partial charge in [0.2, 0.25) is 5.91 Å². The average molecular weight is 569 g/mol. The number of carbonyl (C=O) groups excluding carboxylic acids is 2. The average Bonchev–Trinajstić information content (AvgIpc) is 3.40. The summed E-state index contributed by atoms with van der Waals surface area (Å²) < 4.78 is 32.6. The zero-order chi connectivity index (χ0) is 28.2. The molecule has 2 saturated heterocycles. The number of alkyl halides is 1. The molecule has 2 aliphatic heterocycles. The van der Waals surface area contributed by atoms with Gasteiger partial charge in [-0.15, -0.1) is 11.6 Å². The molecule has 4 atom stereocenters. The molecule has 0 spiro atoms. The molecule has 40 heavy (non-hydrogen) atoms. The van der Waals surface area contributed by atoms with Crippen LogP contribution in [0, 0.1) is 17.6 Å². The maximum absolute atomic E-state index is 13.8. The summed E-state index contributed by atoms with van der Waals surface area (Å²) in [6.07, 6.45) is 1.71. The molecule has 3 heterocycles. The molecule has 2 unspecified atom stereocenters. The van der Waals surface area contributed by atoms with E-state index in [2.05, 4.69) is 9.88 Å². The molecule has 2 aliphatic rings. The van der Waals surface area contributed by atoms with Crippen molar-refractivity contribution in [2.75, 3.05) is 37.6 Å². The second-order valence-corrected chi connectivity index (χ2v) is 10.7. The van der Waals surface area contributed by atoms with Gasteiger partial charge in [0.05, 0.1) is 17.3 Å². The third-order valence-corrected chi connectivity index (χ3v) is 8.17. The Balaban J connectivity index is 1.34. The van der Waals surface area contributed by atoms with E-state index in [4.69, 9.17) is 16.3 Å². The van der Waals surface area contributed by atoms with E-state index in [0.717, 1.165) is 11.4 Å². The third-order valence-electron chi connectivity index (χ3n) is 7.73. The normalized spacial score (nSPS) is 22.7. The summed E-state index contributed by atoms with van der Waals surface area (Å²) in [5.74, 6) is -0.439. The first-order valence-electron chi connectivity index (χ1n) is 13.4. The van der Waals surface area contributed by atoms with Gasteiger partial charge in [-0.2, -0.15) is 0 Å². The Morgan fingerprint density at radius 2 is 1.70 bits per heavy atom. The largest absolute Gasteiger partial charge is 0.415 e. The van der Waals surface area contributed by atoms with Gasteiger partial charge in [0.1, 0.15) is 23.2 Å². The van der Waals surface area contributed by atoms with Gasteiger partial charge in [-0.25, -0.2) is 18.6 Å². The molecule has 1 aromatic heterocycles. The first kappa shape index (κ1) is 27.8. The standard InChI is InChI=1S/C30H31ClF2N4O3/c1-2-37(30(39)40-23-12-10-22(33)11-13-23)27-19-36(17-25(27)20-6-8-21(32)9-7-20)29(38)24-14-16-35(18-26(24)31)28-5-3-4-15-34-28/h3-13,15,24-27H,2,14,16-19H2,1H3/t24?,25-,26?,27+/m0/s1. The number of nitrogens with zero attached hydrogens (tertiary/aromatic N) is 4. The summed E-state index contributed by atoms with van der Waals surface area (Å²) in [7, 11) is 0. The van der Waals surface area contributed by atoms with Gasteiger partial charge in [-0.05, 0) is 67.4 Å². The summed E-state index contributed by atoms with van der Waals surface area (Å²) in [6.45, 7) is 3.96. The quantitative estimate of drug-likeness (QED) is 0.377. The fraction of sp³-hybridized carbons (Fsp3) is 0.367. The van der Waals surface area contributed by atoms with Crippen molar-refractivity contribution in [3.05, 3.63) is 90.1 Å². The lowest BCUT2D eigenvalue weighted by atomic mass is 9.93. The number of anilines is 1. The number of amides is 2. The molecule has 2 fully saturated rings. The Kier molecular flexibility index (Phi) is 8.49. The Morgan fingerprint density at radius 3 is 2.33 bits per heavy atom. The van der Waals surface area contributed by atoms with Crippen LogP contribution in [0.1, 0.15) is 24.8 Å². The summed E-state index contributed by atoms with van der Waals surface area (Å²) in [5.41, 5.74) is 0.821. The van der Waals surface area contributed by atoms with Crippen molar-refractivity contribution in [3.63, 3.8) is 0 Å². The van der Waals surface area contributed by atoms with Crippen LogP contribution in [0.15, 0.2) is 72.9 Å². The maximum Gasteiger partial charge on any atom is 0.415 e. The summed E-state index contributed by atoms with van der Waals surface area (Å²) in [4.78, 5) is 36.9. The molecule has 0 saturated carbocycles. The van der Waals surface area contributed by atoms with Crippen molar-refractivity contribution >= 4 is 29.4 Å². The van der Waals surface area contributed by atoms with E-state index in [1.165, 1.54) is 36.4 Å². The number of hydrogen-bond donors (Lipinski definition) is 0. The Morgan fingerprint density at radius 1 is 1.00 bits per heavy atom. The summed E-state index contributed by atoms with van der Waals surface area (Å²) in [6, 6.07) is 16.7. The second-order valence-electron chi connectivity index (χ2n) is 10.1. The lowest BCUT2D eigenvalue weighted by Gasteiger charge is -2.37. The number of halogens is 3. The molecule has 10 heteroatoms. The number of pyridine rings is 1. The lowest BCUT2D eigenvalue weighted by molar-refractivity contribution is -0.135. The van der Waals surface area contributed by atoms with Gasteiger partial charge in [-0.3, -0.25) is 4.79 Å². The van der Waals surface area contributed by atoms with Crippen molar-refractivity contribution < 1.29 is 23.1 Å². The molecule has 5 rings (SSSR count). The molecule has 0 aliphatic carbocycles. The van der Waals surface area contributed by atoms with Crippen LogP contribution in [-0.2, 0) is 4.79 Å². The molecular formula is C30H31ClF2N4O3. The van der Waals surface area contributed by atoms with Crippen LogP contribution in [0.5, 0.6) is 5.75 Å². The second kappa shape index (κ2) is 12.2. The van der Waals surface area contributed by atoms with E-state index in [0.29, 0.717) is 32.6 Å². The van der Waals surface area contributed by atoms with Gasteiger partial charge in [0.25, 0.3) is 0 Å². The van der Waals surface area contributed by atoms with Gasteiger partial charge in [-0.1, -0.05) is 18.2 Å². The predicted octanol–water partition coefficient (Wildman–Crippen LogP) is 5.31. The Labute approximate surface area is 237 Å². The molecular weight excluding hydrogens is 538 g/mol. The van der Waals surface area contributed by atoms with E-state index >= 15 is 0 Å². The number of likely N-dealkylation sites (N-methyl/N-ethyl adjacent to an activating group) is 1. The van der Waals surface area contributed by atoms with E-state index in [1.807, 2.05) is 25.1 Å². The van der Waals surface area contributed by atoms with Gasteiger partial charge < -0.3 is 19.4 Å². The van der Waals surface area contributed by atoms with Crippen LogP contribution < -0.4 is 9.64 Å². The fourth-order valence-corrected chi connectivity index (χ4v) is 6.05. The lowest BCUT2D eigenvalue weighted by Crippen LogP contribution is -2.49. The number of ether oxygens (including phenoxy) is 1. The number of hydrogen-bond acceptors (Lipinski definition) is 5. The van der Waals surface area contributed by atoms with E-state index in [-0.39, 0.29) is 35.9 Å². The van der Waals surface area contributed by atoms with Crippen LogP contribution in [0.3, 0.4) is 0 Å². The summed E-state index contributed by atoms with van der Waals surface area (Å²) >= 11 is 6.78.